The van der Waals surface area contributed by atoms with Crippen molar-refractivity contribution in [2.24, 2.45) is 16.5 Å². The number of fused-ring (bicyclic) bond motifs is 1. The minimum absolute atomic E-state index is 0.0252. The van der Waals surface area contributed by atoms with Gasteiger partial charge < -0.3 is 32.1 Å². The number of alkyl halides is 3. The number of carbonyl (C=O) groups excluding carboxylic acids is 3. The third-order valence-corrected chi connectivity index (χ3v) is 8.14. The molecule has 3 aromatic rings. The molecule has 7 N–H and O–H groups in total. The molecular weight excluding hydrogens is 627 g/mol. The lowest BCUT2D eigenvalue weighted by Gasteiger charge is -2.29. The molecule has 0 unspecified atom stereocenters. The van der Waals surface area contributed by atoms with Crippen molar-refractivity contribution in [3.63, 3.8) is 0 Å². The first-order chi connectivity index (χ1) is 21.8. The van der Waals surface area contributed by atoms with Gasteiger partial charge in [0.1, 0.15) is 6.04 Å². The second kappa shape index (κ2) is 16.7. The van der Waals surface area contributed by atoms with Gasteiger partial charge in [-0.1, -0.05) is 42.5 Å². The van der Waals surface area contributed by atoms with Gasteiger partial charge in [-0.05, 0) is 56.8 Å². The van der Waals surface area contributed by atoms with E-state index in [9.17, 15) is 27.6 Å². The number of benzene rings is 2. The zero-order valence-corrected chi connectivity index (χ0v) is 25.8. The van der Waals surface area contributed by atoms with Crippen LogP contribution in [-0.2, 0) is 20.8 Å². The number of rotatable bonds is 12. The fourth-order valence-corrected chi connectivity index (χ4v) is 5.79. The van der Waals surface area contributed by atoms with Crippen molar-refractivity contribution < 1.29 is 37.5 Å². The van der Waals surface area contributed by atoms with E-state index in [-0.39, 0.29) is 23.6 Å². The molecular formula is C30H36F3N7O5S. The third kappa shape index (κ3) is 10.2. The largest absolute Gasteiger partial charge is 0.490 e. The molecule has 0 radical (unpaired) electrons. The minimum Gasteiger partial charge on any atom is -0.475 e. The van der Waals surface area contributed by atoms with Gasteiger partial charge in [0.2, 0.25) is 17.6 Å². The van der Waals surface area contributed by atoms with Gasteiger partial charge in [0.25, 0.3) is 0 Å². The monoisotopic (exact) mass is 663 g/mol. The van der Waals surface area contributed by atoms with E-state index >= 15 is 0 Å². The number of aliphatic carboxylic acids is 1. The fourth-order valence-electron chi connectivity index (χ4n) is 4.83. The molecule has 1 fully saturated rings. The highest BCUT2D eigenvalue weighted by molar-refractivity contribution is 7.20. The van der Waals surface area contributed by atoms with Gasteiger partial charge >= 0.3 is 12.1 Å². The Bertz CT molecular complexity index is 1500. The van der Waals surface area contributed by atoms with E-state index in [2.05, 4.69) is 20.6 Å². The summed E-state index contributed by atoms with van der Waals surface area (Å²) in [6.07, 6.45) is -2.48. The summed E-state index contributed by atoms with van der Waals surface area (Å²) in [5.74, 6) is -3.50. The highest BCUT2D eigenvalue weighted by Gasteiger charge is 2.39. The molecule has 248 valence electrons. The van der Waals surface area contributed by atoms with Crippen molar-refractivity contribution >= 4 is 51.1 Å². The lowest BCUT2D eigenvalue weighted by Crippen LogP contribution is -2.54. The van der Waals surface area contributed by atoms with E-state index in [1.54, 1.807) is 11.9 Å². The lowest BCUT2D eigenvalue weighted by molar-refractivity contribution is -0.192. The van der Waals surface area contributed by atoms with E-state index < -0.39 is 30.3 Å². The van der Waals surface area contributed by atoms with E-state index in [0.29, 0.717) is 50.2 Å². The fraction of sp³-hybridized carbons (Fsp3) is 0.400. The van der Waals surface area contributed by atoms with Crippen molar-refractivity contribution in [1.29, 1.82) is 0 Å². The number of carboxylic acid groups (broad SMARTS) is 1. The summed E-state index contributed by atoms with van der Waals surface area (Å²) in [6, 6.07) is 15.4. The molecule has 12 nitrogen and oxygen atoms in total. The maximum atomic E-state index is 13.5. The van der Waals surface area contributed by atoms with E-state index in [1.807, 2.05) is 54.6 Å². The number of carbonyl (C=O) groups is 4. The summed E-state index contributed by atoms with van der Waals surface area (Å²) in [5.41, 5.74) is 12.6. The maximum absolute atomic E-state index is 13.5. The highest BCUT2D eigenvalue weighted by atomic mass is 32.1. The first-order valence-corrected chi connectivity index (χ1v) is 15.2. The van der Waals surface area contributed by atoms with Crippen LogP contribution in [0.15, 0.2) is 59.6 Å². The van der Waals surface area contributed by atoms with Crippen LogP contribution in [0.4, 0.5) is 13.2 Å². The van der Waals surface area contributed by atoms with Gasteiger partial charge in [0, 0.05) is 13.1 Å². The number of ketones is 1. The summed E-state index contributed by atoms with van der Waals surface area (Å²) in [4.78, 5) is 59.5. The molecule has 4 rings (SSSR count). The van der Waals surface area contributed by atoms with Crippen LogP contribution >= 0.6 is 11.3 Å². The van der Waals surface area contributed by atoms with Crippen molar-refractivity contribution in [3.05, 3.63) is 65.2 Å². The number of likely N-dealkylation sites (tertiary alicyclic amines) is 1. The van der Waals surface area contributed by atoms with E-state index in [1.165, 1.54) is 11.3 Å². The Morgan fingerprint density at radius 2 is 1.74 bits per heavy atom. The van der Waals surface area contributed by atoms with Gasteiger partial charge in [-0.3, -0.25) is 19.4 Å². The predicted octanol–water partition coefficient (Wildman–Crippen LogP) is 2.47. The number of amides is 2. The Morgan fingerprint density at radius 3 is 2.35 bits per heavy atom. The molecule has 2 aromatic carbocycles. The molecule has 2 heterocycles. The van der Waals surface area contributed by atoms with Crippen LogP contribution in [0.3, 0.4) is 0 Å². The molecule has 16 heteroatoms. The van der Waals surface area contributed by atoms with Crippen LogP contribution in [0.2, 0.25) is 0 Å². The number of Topliss-reactive ketones (excluding diaryl/α,β-unsaturated/α-hetero) is 1. The van der Waals surface area contributed by atoms with Crippen LogP contribution in [0.25, 0.3) is 10.2 Å². The molecule has 3 atom stereocenters. The quantitative estimate of drug-likeness (QED) is 0.0838. The molecule has 0 aliphatic carbocycles. The van der Waals surface area contributed by atoms with Crippen molar-refractivity contribution in [1.82, 2.24) is 20.5 Å². The average molecular weight is 664 g/mol. The molecule has 0 spiro atoms. The predicted molar refractivity (Wildman–Crippen MR) is 167 cm³/mol. The van der Waals surface area contributed by atoms with Crippen molar-refractivity contribution in [3.8, 4) is 0 Å². The summed E-state index contributed by atoms with van der Waals surface area (Å²) < 4.78 is 32.6. The smallest absolute Gasteiger partial charge is 0.475 e. The number of thiazole rings is 1. The second-order valence-electron chi connectivity index (χ2n) is 10.4. The Morgan fingerprint density at radius 1 is 1.09 bits per heavy atom. The van der Waals surface area contributed by atoms with Crippen LogP contribution < -0.4 is 22.1 Å². The number of guanidine groups is 1. The standard InChI is InChI=1S/C28H35N7O3S.C2HF3O2/c1-31-21(17-18-9-3-2-4-10-18)27(38)35-16-8-13-22(35)25(37)33-20(12-7-15-32-28(29)30)24(36)26-34-19-11-5-6-14-23(19)39-26;3-2(4,5)1(6)7/h2-6,9-11,14,20-22,31H,7-8,12-13,15-17H2,1H3,(H,33,37)(H4,29,30,32);(H,6,7)/t20-,21+,22-;/m0./s1. The zero-order valence-electron chi connectivity index (χ0n) is 25.0. The molecule has 0 saturated carbocycles. The molecule has 1 aromatic heterocycles. The number of likely N-dealkylation sites (N-methyl/N-ethyl adjacent to an activating group) is 1. The van der Waals surface area contributed by atoms with Crippen LogP contribution in [0, 0.1) is 0 Å². The normalized spacial score (nSPS) is 15.7. The summed E-state index contributed by atoms with van der Waals surface area (Å²) >= 11 is 1.30. The van der Waals surface area contributed by atoms with Gasteiger partial charge in [-0.25, -0.2) is 9.78 Å². The number of nitrogens with two attached hydrogens (primary N) is 2. The number of carboxylic acids is 1. The van der Waals surface area contributed by atoms with Crippen LogP contribution in [-0.4, -0.2) is 89.0 Å². The molecule has 1 aliphatic rings. The number of nitrogens with one attached hydrogen (secondary N) is 2. The van der Waals surface area contributed by atoms with E-state index in [4.69, 9.17) is 21.4 Å². The summed E-state index contributed by atoms with van der Waals surface area (Å²) in [6.45, 7) is 0.823. The Hall–Kier alpha value is -4.57. The molecule has 1 saturated heterocycles. The zero-order chi connectivity index (χ0) is 33.9. The van der Waals surface area contributed by atoms with Crippen molar-refractivity contribution in [2.45, 2.75) is 56.4 Å². The number of aliphatic imine (C=N–C) groups is 1. The van der Waals surface area contributed by atoms with Gasteiger partial charge in [-0.15, -0.1) is 11.3 Å². The maximum Gasteiger partial charge on any atom is 0.490 e. The minimum atomic E-state index is -5.08. The second-order valence-corrected chi connectivity index (χ2v) is 11.4. The molecule has 0 bridgehead atoms. The molecule has 2 amide bonds. The number of hydrogen-bond acceptors (Lipinski definition) is 8. The number of para-hydroxylation sites is 1. The Labute approximate surface area is 267 Å². The lowest BCUT2D eigenvalue weighted by atomic mass is 10.0. The van der Waals surface area contributed by atoms with Crippen molar-refractivity contribution in [2.75, 3.05) is 20.1 Å². The topological polar surface area (TPSA) is 193 Å². The summed E-state index contributed by atoms with van der Waals surface area (Å²) in [7, 11) is 1.75. The number of halogens is 3. The Balaban J connectivity index is 0.000000738. The average Bonchev–Trinajstić information content (AvgIpc) is 3.69. The number of aromatic nitrogens is 1. The van der Waals surface area contributed by atoms with Gasteiger partial charge in [-0.2, -0.15) is 13.2 Å². The SMILES string of the molecule is CN[C@H](Cc1ccccc1)C(=O)N1CCC[C@H]1C(=O)N[C@@H](CCCN=C(N)N)C(=O)c1nc2ccccc2s1.O=C(O)C(F)(F)F. The molecule has 1 aliphatic heterocycles. The Kier molecular flexibility index (Phi) is 13.0. The van der Waals surface area contributed by atoms with Gasteiger partial charge in [0.15, 0.2) is 11.0 Å². The van der Waals surface area contributed by atoms with E-state index in [0.717, 1.165) is 15.8 Å². The first-order valence-electron chi connectivity index (χ1n) is 14.4. The van der Waals surface area contributed by atoms with Crippen LogP contribution in [0.1, 0.15) is 41.0 Å². The van der Waals surface area contributed by atoms with Crippen LogP contribution in [0.5, 0.6) is 0 Å². The highest BCUT2D eigenvalue weighted by Crippen LogP contribution is 2.24. The first kappa shape index (κ1) is 35.9. The molecule has 46 heavy (non-hydrogen) atoms. The number of nitrogens with zero attached hydrogens (tertiary/aromatic N) is 3. The summed E-state index contributed by atoms with van der Waals surface area (Å²) in [5, 5.41) is 13.5. The van der Waals surface area contributed by atoms with Gasteiger partial charge in [0.05, 0.1) is 22.3 Å². The third-order valence-electron chi connectivity index (χ3n) is 7.09. The number of hydrogen-bond donors (Lipinski definition) is 5.